The fraction of sp³-hybridized carbons (Fsp3) is 0.550. The van der Waals surface area contributed by atoms with Gasteiger partial charge in [0.25, 0.3) is 0 Å². The molecule has 0 bridgehead atoms. The molecular weight excluding hydrogens is 296 g/mol. The number of hydrogen-bond acceptors (Lipinski definition) is 3. The lowest BCUT2D eigenvalue weighted by molar-refractivity contribution is 0.115. The third-order valence-corrected chi connectivity index (χ3v) is 5.12. The lowest BCUT2D eigenvalue weighted by Gasteiger charge is -2.37. The molecule has 1 aromatic carbocycles. The van der Waals surface area contributed by atoms with Crippen molar-refractivity contribution in [1.82, 2.24) is 19.6 Å². The number of aryl methyl sites for hydroxylation is 1. The monoisotopic (exact) mass is 326 g/mol. The quantitative estimate of drug-likeness (QED) is 0.745. The molecule has 1 saturated heterocycles. The Kier molecular flexibility index (Phi) is 6.44. The molecule has 1 atom stereocenters. The zero-order valence-electron chi connectivity index (χ0n) is 14.8. The molecule has 1 aliphatic heterocycles. The molecule has 1 aromatic heterocycles. The molecule has 0 radical (unpaired) electrons. The second-order valence-electron chi connectivity index (χ2n) is 6.94. The predicted molar refractivity (Wildman–Crippen MR) is 99.1 cm³/mol. The van der Waals surface area contributed by atoms with Crippen LogP contribution in [0.1, 0.15) is 24.8 Å². The summed E-state index contributed by atoms with van der Waals surface area (Å²) in [5.74, 6) is 0. The van der Waals surface area contributed by atoms with Gasteiger partial charge in [0, 0.05) is 38.1 Å². The molecule has 2 heterocycles. The minimum absolute atomic E-state index is 0.701. The van der Waals surface area contributed by atoms with E-state index < -0.39 is 0 Å². The van der Waals surface area contributed by atoms with Crippen LogP contribution in [-0.2, 0) is 13.0 Å². The van der Waals surface area contributed by atoms with Crippen molar-refractivity contribution in [3.05, 3.63) is 54.4 Å². The van der Waals surface area contributed by atoms with Crippen molar-refractivity contribution >= 4 is 0 Å². The van der Waals surface area contributed by atoms with Gasteiger partial charge >= 0.3 is 0 Å². The van der Waals surface area contributed by atoms with Crippen molar-refractivity contribution in [3.8, 4) is 0 Å². The van der Waals surface area contributed by atoms with Crippen LogP contribution >= 0.6 is 0 Å². The van der Waals surface area contributed by atoms with Crippen LogP contribution in [0.3, 0.4) is 0 Å². The molecule has 0 aliphatic carbocycles. The number of likely N-dealkylation sites (N-methyl/N-ethyl adjacent to an activating group) is 1. The van der Waals surface area contributed by atoms with Gasteiger partial charge < -0.3 is 9.80 Å². The first-order valence-corrected chi connectivity index (χ1v) is 9.25. The number of nitrogens with zero attached hydrogens (tertiary/aromatic N) is 4. The normalized spacial score (nSPS) is 19.0. The van der Waals surface area contributed by atoms with Gasteiger partial charge in [0.05, 0.1) is 0 Å². The van der Waals surface area contributed by atoms with Crippen molar-refractivity contribution in [2.75, 3.05) is 33.2 Å². The largest absolute Gasteiger partial charge is 0.302 e. The Bertz CT molecular complexity index is 567. The molecule has 1 unspecified atom stereocenters. The molecule has 1 fully saturated rings. The van der Waals surface area contributed by atoms with Gasteiger partial charge in [0.15, 0.2) is 0 Å². The van der Waals surface area contributed by atoms with Crippen LogP contribution in [0.15, 0.2) is 48.8 Å². The van der Waals surface area contributed by atoms with E-state index in [1.807, 2.05) is 16.9 Å². The Morgan fingerprint density at radius 1 is 1.17 bits per heavy atom. The summed E-state index contributed by atoms with van der Waals surface area (Å²) in [6, 6.07) is 13.5. The summed E-state index contributed by atoms with van der Waals surface area (Å²) in [5, 5.41) is 4.29. The zero-order valence-corrected chi connectivity index (χ0v) is 14.8. The van der Waals surface area contributed by atoms with Gasteiger partial charge in [0.2, 0.25) is 0 Å². The van der Waals surface area contributed by atoms with Gasteiger partial charge in [0.1, 0.15) is 0 Å². The Balaban J connectivity index is 1.39. The molecular formula is C20H30N4. The van der Waals surface area contributed by atoms with Crippen LogP contribution in [0.5, 0.6) is 0 Å². The molecule has 1 aliphatic rings. The summed E-state index contributed by atoms with van der Waals surface area (Å²) in [5.41, 5.74) is 1.44. The number of rotatable bonds is 8. The fourth-order valence-electron chi connectivity index (χ4n) is 3.62. The van der Waals surface area contributed by atoms with Gasteiger partial charge in [-0.25, -0.2) is 0 Å². The van der Waals surface area contributed by atoms with E-state index in [2.05, 4.69) is 58.5 Å². The number of piperidine rings is 1. The first kappa shape index (κ1) is 17.2. The molecule has 24 heavy (non-hydrogen) atoms. The van der Waals surface area contributed by atoms with E-state index in [4.69, 9.17) is 0 Å². The third-order valence-electron chi connectivity index (χ3n) is 5.12. The third kappa shape index (κ3) is 5.18. The highest BCUT2D eigenvalue weighted by Crippen LogP contribution is 2.16. The number of benzene rings is 1. The van der Waals surface area contributed by atoms with Crippen LogP contribution in [0.2, 0.25) is 0 Å². The highest BCUT2D eigenvalue weighted by atomic mass is 15.3. The Morgan fingerprint density at radius 3 is 2.83 bits per heavy atom. The van der Waals surface area contributed by atoms with E-state index in [9.17, 15) is 0 Å². The number of likely N-dealkylation sites (tertiary alicyclic amines) is 1. The smallest absolute Gasteiger partial charge is 0.0489 e. The van der Waals surface area contributed by atoms with E-state index in [0.29, 0.717) is 6.04 Å². The molecule has 0 spiro atoms. The molecule has 0 amide bonds. The first-order valence-electron chi connectivity index (χ1n) is 9.25. The first-order chi connectivity index (χ1) is 11.8. The molecule has 4 heteroatoms. The molecule has 4 nitrogen and oxygen atoms in total. The second-order valence-corrected chi connectivity index (χ2v) is 6.94. The highest BCUT2D eigenvalue weighted by Gasteiger charge is 2.22. The van der Waals surface area contributed by atoms with E-state index >= 15 is 0 Å². The maximum atomic E-state index is 4.29. The lowest BCUT2D eigenvalue weighted by atomic mass is 10.0. The predicted octanol–water partition coefficient (Wildman–Crippen LogP) is 2.91. The number of aromatic nitrogens is 2. The van der Waals surface area contributed by atoms with Gasteiger partial charge in [-0.15, -0.1) is 0 Å². The minimum atomic E-state index is 0.701. The van der Waals surface area contributed by atoms with Gasteiger partial charge in [-0.1, -0.05) is 30.3 Å². The molecule has 0 saturated carbocycles. The second kappa shape index (κ2) is 9.00. The van der Waals surface area contributed by atoms with Crippen LogP contribution in [0.4, 0.5) is 0 Å². The zero-order chi connectivity index (χ0) is 16.6. The van der Waals surface area contributed by atoms with Crippen LogP contribution < -0.4 is 0 Å². The Morgan fingerprint density at radius 2 is 2.04 bits per heavy atom. The molecule has 130 valence electrons. The summed E-state index contributed by atoms with van der Waals surface area (Å²) in [6.07, 6.45) is 8.90. The summed E-state index contributed by atoms with van der Waals surface area (Å²) in [4.78, 5) is 5.20. The van der Waals surface area contributed by atoms with Crippen LogP contribution in [0.25, 0.3) is 0 Å². The SMILES string of the molecule is CN(CCc1ccccc1)C1CCCN(CCCn2cccn2)C1. The van der Waals surface area contributed by atoms with Gasteiger partial charge in [-0.05, 0) is 57.5 Å². The fourth-order valence-corrected chi connectivity index (χ4v) is 3.62. The standard InChI is InChI=1S/C20H30N4/c1-22(17-11-19-8-3-2-4-9-19)20-10-5-13-23(18-20)14-7-16-24-15-6-12-21-24/h2-4,6,8-9,12,15,20H,5,7,10-11,13-14,16-18H2,1H3. The van der Waals surface area contributed by atoms with Crippen molar-refractivity contribution in [3.63, 3.8) is 0 Å². The Labute approximate surface area is 146 Å². The van der Waals surface area contributed by atoms with Crippen molar-refractivity contribution < 1.29 is 0 Å². The van der Waals surface area contributed by atoms with Crippen LogP contribution in [0, 0.1) is 0 Å². The topological polar surface area (TPSA) is 24.3 Å². The number of hydrogen-bond donors (Lipinski definition) is 0. The van der Waals surface area contributed by atoms with Gasteiger partial charge in [-0.2, -0.15) is 5.10 Å². The maximum Gasteiger partial charge on any atom is 0.0489 e. The van der Waals surface area contributed by atoms with Crippen molar-refractivity contribution in [2.45, 2.75) is 38.3 Å². The van der Waals surface area contributed by atoms with Gasteiger partial charge in [-0.3, -0.25) is 4.68 Å². The summed E-state index contributed by atoms with van der Waals surface area (Å²) < 4.78 is 2.04. The van der Waals surface area contributed by atoms with Crippen molar-refractivity contribution in [1.29, 1.82) is 0 Å². The Hall–Kier alpha value is -1.65. The van der Waals surface area contributed by atoms with Crippen molar-refractivity contribution in [2.24, 2.45) is 0 Å². The average molecular weight is 326 g/mol. The minimum Gasteiger partial charge on any atom is -0.302 e. The highest BCUT2D eigenvalue weighted by molar-refractivity contribution is 5.14. The van der Waals surface area contributed by atoms with E-state index in [-0.39, 0.29) is 0 Å². The average Bonchev–Trinajstić information content (AvgIpc) is 3.14. The molecule has 2 aromatic rings. The lowest BCUT2D eigenvalue weighted by Crippen LogP contribution is -2.47. The summed E-state index contributed by atoms with van der Waals surface area (Å²) in [6.45, 7) is 5.82. The summed E-state index contributed by atoms with van der Waals surface area (Å²) >= 11 is 0. The van der Waals surface area contributed by atoms with Crippen LogP contribution in [-0.4, -0.2) is 58.8 Å². The van der Waals surface area contributed by atoms with E-state index in [1.54, 1.807) is 0 Å². The van der Waals surface area contributed by atoms with E-state index in [1.165, 1.54) is 44.5 Å². The molecule has 0 N–H and O–H groups in total. The maximum absolute atomic E-state index is 4.29. The summed E-state index contributed by atoms with van der Waals surface area (Å²) in [7, 11) is 2.29. The molecule has 3 rings (SSSR count). The van der Waals surface area contributed by atoms with E-state index in [0.717, 1.165) is 19.5 Å².